The number of nitrogens with zero attached hydrogens (tertiary/aromatic N) is 1. The van der Waals surface area contributed by atoms with Crippen molar-refractivity contribution in [3.05, 3.63) is 77.5 Å². The number of methoxy groups -OCH3 is 2. The fourth-order valence-electron chi connectivity index (χ4n) is 4.54. The van der Waals surface area contributed by atoms with Crippen LogP contribution in [0.2, 0.25) is 5.02 Å². The average Bonchev–Trinajstić information content (AvgIpc) is 3.50. The van der Waals surface area contributed by atoms with Gasteiger partial charge < -0.3 is 9.47 Å². The number of amides is 1. The van der Waals surface area contributed by atoms with Crippen molar-refractivity contribution in [2.24, 2.45) is 0 Å². The van der Waals surface area contributed by atoms with Crippen LogP contribution in [0.4, 0.5) is 5.69 Å². The summed E-state index contributed by atoms with van der Waals surface area (Å²) in [6.07, 6.45) is 0. The summed E-state index contributed by atoms with van der Waals surface area (Å²) in [7, 11) is 2.52. The third-order valence-corrected chi connectivity index (χ3v) is 11.4. The highest BCUT2D eigenvalue weighted by atomic mass is 35.5. The molecule has 39 heavy (non-hydrogen) atoms. The first kappa shape index (κ1) is 27.9. The second kappa shape index (κ2) is 10.4. The molecule has 0 N–H and O–H groups in total. The van der Waals surface area contributed by atoms with Crippen molar-refractivity contribution in [3.8, 4) is 0 Å². The molecule has 2 aliphatic rings. The molecule has 200 valence electrons. The van der Waals surface area contributed by atoms with E-state index in [1.807, 2.05) is 63.2 Å². The number of benzene rings is 2. The highest BCUT2D eigenvalue weighted by Crippen LogP contribution is 2.56. The molecule has 2 aromatic carbocycles. The highest BCUT2D eigenvalue weighted by Gasteiger charge is 2.47. The fourth-order valence-corrected chi connectivity index (χ4v) is 9.02. The topological polar surface area (TPSA) is 72.9 Å². The standard InChI is InChI=1S/C28H22ClNO5S4/c1-13-10-11-14-16(12-13)30(24(31)20-19(29)15-8-6-7-9-17(15)37-20)28(2,3)23(36)18(14)27-38-21(25(32)34-4)22(39-27)26(33)35-5/h6-12H,1-5H3. The van der Waals surface area contributed by atoms with Gasteiger partial charge in [-0.1, -0.05) is 77.7 Å². The van der Waals surface area contributed by atoms with E-state index in [0.717, 1.165) is 44.7 Å². The number of hydrogen-bond acceptors (Lipinski definition) is 9. The van der Waals surface area contributed by atoms with Gasteiger partial charge in [0.05, 0.1) is 39.6 Å². The summed E-state index contributed by atoms with van der Waals surface area (Å²) < 4.78 is 11.4. The lowest BCUT2D eigenvalue weighted by atomic mass is 9.82. The number of rotatable bonds is 3. The number of fused-ring (bicyclic) bond motifs is 2. The maximum Gasteiger partial charge on any atom is 0.346 e. The molecule has 5 rings (SSSR count). The number of halogens is 1. The van der Waals surface area contributed by atoms with Crippen molar-refractivity contribution in [2.75, 3.05) is 19.1 Å². The van der Waals surface area contributed by atoms with Crippen LogP contribution in [0.15, 0.2) is 56.5 Å². The van der Waals surface area contributed by atoms with Crippen LogP contribution in [0.1, 0.15) is 34.6 Å². The lowest BCUT2D eigenvalue weighted by molar-refractivity contribution is -0.138. The Kier molecular flexibility index (Phi) is 7.45. The van der Waals surface area contributed by atoms with Crippen LogP contribution in [0.3, 0.4) is 0 Å². The van der Waals surface area contributed by atoms with E-state index in [1.165, 1.54) is 25.6 Å². The number of ether oxygens (including phenoxy) is 2. The largest absolute Gasteiger partial charge is 0.465 e. The molecule has 0 saturated carbocycles. The Morgan fingerprint density at radius 3 is 2.18 bits per heavy atom. The number of carbonyl (C=O) groups is 3. The molecule has 0 saturated heterocycles. The van der Waals surface area contributed by atoms with Gasteiger partial charge in [-0.25, -0.2) is 9.59 Å². The third-order valence-electron chi connectivity index (χ3n) is 6.48. The second-order valence-electron chi connectivity index (χ2n) is 9.30. The van der Waals surface area contributed by atoms with E-state index in [-0.39, 0.29) is 15.7 Å². The van der Waals surface area contributed by atoms with E-state index in [1.54, 1.807) is 4.90 Å². The van der Waals surface area contributed by atoms with Gasteiger partial charge >= 0.3 is 11.9 Å². The van der Waals surface area contributed by atoms with Gasteiger partial charge in [0, 0.05) is 21.2 Å². The minimum absolute atomic E-state index is 0.140. The summed E-state index contributed by atoms with van der Waals surface area (Å²) in [6.45, 7) is 5.73. The van der Waals surface area contributed by atoms with E-state index in [4.69, 9.17) is 33.3 Å². The molecule has 0 aliphatic carbocycles. The van der Waals surface area contributed by atoms with Crippen LogP contribution in [0.25, 0.3) is 15.7 Å². The van der Waals surface area contributed by atoms with Gasteiger partial charge in [-0.15, -0.1) is 11.3 Å². The van der Waals surface area contributed by atoms with E-state index in [2.05, 4.69) is 0 Å². The Balaban J connectivity index is 1.69. The quantitative estimate of drug-likeness (QED) is 0.172. The fraction of sp³-hybridized carbons (Fsp3) is 0.214. The van der Waals surface area contributed by atoms with Crippen molar-refractivity contribution in [3.63, 3.8) is 0 Å². The van der Waals surface area contributed by atoms with Crippen molar-refractivity contribution in [1.82, 2.24) is 0 Å². The Labute approximate surface area is 248 Å². The minimum atomic E-state index is -0.949. The van der Waals surface area contributed by atoms with Gasteiger partial charge in [0.2, 0.25) is 0 Å². The number of carbonyl (C=O) groups excluding carboxylic acids is 3. The van der Waals surface area contributed by atoms with Crippen molar-refractivity contribution in [2.45, 2.75) is 26.3 Å². The number of esters is 2. The molecule has 3 heterocycles. The monoisotopic (exact) mass is 615 g/mol. The molecule has 0 spiro atoms. The molecule has 1 amide bonds. The van der Waals surface area contributed by atoms with Crippen LogP contribution in [-0.4, -0.2) is 42.5 Å². The molecule has 1 aromatic heterocycles. The summed E-state index contributed by atoms with van der Waals surface area (Å²) >= 11 is 16.4. The highest BCUT2D eigenvalue weighted by molar-refractivity contribution is 8.29. The van der Waals surface area contributed by atoms with Crippen LogP contribution < -0.4 is 4.90 Å². The number of thioether (sulfide) groups is 2. The molecule has 0 atom stereocenters. The lowest BCUT2D eigenvalue weighted by Gasteiger charge is -2.45. The summed E-state index contributed by atoms with van der Waals surface area (Å²) in [4.78, 5) is 42.2. The van der Waals surface area contributed by atoms with Crippen molar-refractivity contribution >= 4 is 103 Å². The molecular formula is C28H22ClNO5S4. The molecule has 11 heteroatoms. The SMILES string of the molecule is COC(=O)C1=C(C(=O)OC)SC(=C2C(=S)C(C)(C)N(C(=O)c3sc4ccccc4c3Cl)c3cc(C)ccc32)S1. The van der Waals surface area contributed by atoms with Gasteiger partial charge in [-0.3, -0.25) is 9.69 Å². The van der Waals surface area contributed by atoms with E-state index < -0.39 is 17.5 Å². The summed E-state index contributed by atoms with van der Waals surface area (Å²) in [5, 5.41) is 1.24. The van der Waals surface area contributed by atoms with Gasteiger partial charge in [0.25, 0.3) is 5.91 Å². The number of anilines is 1. The molecule has 6 nitrogen and oxygen atoms in total. The smallest absolute Gasteiger partial charge is 0.346 e. The van der Waals surface area contributed by atoms with Gasteiger partial charge in [0.15, 0.2) is 0 Å². The minimum Gasteiger partial charge on any atom is -0.465 e. The van der Waals surface area contributed by atoms with Crippen LogP contribution >= 0.6 is 58.7 Å². The van der Waals surface area contributed by atoms with Crippen LogP contribution in [0.5, 0.6) is 0 Å². The summed E-state index contributed by atoms with van der Waals surface area (Å²) in [5.41, 5.74) is 2.09. The molecule has 2 aliphatic heterocycles. The third kappa shape index (κ3) is 4.52. The molecule has 0 bridgehead atoms. The first-order valence-corrected chi connectivity index (χ1v) is 14.9. The predicted molar refractivity (Wildman–Crippen MR) is 165 cm³/mol. The summed E-state index contributed by atoms with van der Waals surface area (Å²) in [5.74, 6) is -1.52. The maximum absolute atomic E-state index is 14.2. The van der Waals surface area contributed by atoms with Crippen LogP contribution in [0, 0.1) is 6.92 Å². The Bertz CT molecular complexity index is 1640. The molecule has 3 aromatic rings. The molecule has 0 fully saturated rings. The van der Waals surface area contributed by atoms with Crippen molar-refractivity contribution < 1.29 is 23.9 Å². The number of hydrogen-bond donors (Lipinski definition) is 0. The summed E-state index contributed by atoms with van der Waals surface area (Å²) in [6, 6.07) is 13.4. The van der Waals surface area contributed by atoms with E-state index in [0.29, 0.717) is 30.3 Å². The number of aryl methyl sites for hydroxylation is 1. The molecule has 0 radical (unpaired) electrons. The molecule has 0 unspecified atom stereocenters. The van der Waals surface area contributed by atoms with Crippen molar-refractivity contribution in [1.29, 1.82) is 0 Å². The van der Waals surface area contributed by atoms with Gasteiger partial charge in [-0.2, -0.15) is 0 Å². The Hall–Kier alpha value is -2.63. The Morgan fingerprint density at radius 2 is 1.59 bits per heavy atom. The predicted octanol–water partition coefficient (Wildman–Crippen LogP) is 7.38. The normalized spacial score (nSPS) is 16.6. The van der Waals surface area contributed by atoms with Gasteiger partial charge in [-0.05, 0) is 38.5 Å². The number of thiophene rings is 1. The lowest BCUT2D eigenvalue weighted by Crippen LogP contribution is -2.55. The van der Waals surface area contributed by atoms with E-state index >= 15 is 0 Å². The van der Waals surface area contributed by atoms with Gasteiger partial charge in [0.1, 0.15) is 14.7 Å². The number of thiocarbonyl (C=S) groups is 1. The maximum atomic E-state index is 14.2. The van der Waals surface area contributed by atoms with E-state index in [9.17, 15) is 14.4 Å². The zero-order chi connectivity index (χ0) is 28.2. The Morgan fingerprint density at radius 1 is 0.974 bits per heavy atom. The zero-order valence-electron chi connectivity index (χ0n) is 21.5. The zero-order valence-corrected chi connectivity index (χ0v) is 25.6. The first-order valence-electron chi connectivity index (χ1n) is 11.7. The second-order valence-corrected chi connectivity index (χ2v) is 13.4. The van der Waals surface area contributed by atoms with Crippen LogP contribution in [-0.2, 0) is 19.1 Å². The first-order chi connectivity index (χ1) is 18.5. The average molecular weight is 616 g/mol. The molecular weight excluding hydrogens is 594 g/mol.